The van der Waals surface area contributed by atoms with Crippen molar-refractivity contribution in [2.75, 3.05) is 26.9 Å². The van der Waals surface area contributed by atoms with Crippen LogP contribution in [0.1, 0.15) is 62.0 Å². The summed E-state index contributed by atoms with van der Waals surface area (Å²) in [5.74, 6) is -0.176. The molecular formula is C46H52N2O7S. The van der Waals surface area contributed by atoms with Crippen molar-refractivity contribution in [3.05, 3.63) is 126 Å². The molecule has 1 fully saturated rings. The molecule has 4 aromatic rings. The number of nitrogens with zero attached hydrogens (tertiary/aromatic N) is 1. The van der Waals surface area contributed by atoms with Crippen LogP contribution in [0.3, 0.4) is 0 Å². The molecule has 1 saturated carbocycles. The molecule has 0 radical (unpaired) electrons. The van der Waals surface area contributed by atoms with Crippen LogP contribution in [-0.2, 0) is 16.1 Å². The highest BCUT2D eigenvalue weighted by Gasteiger charge is 2.64. The zero-order chi connectivity index (χ0) is 38.9. The van der Waals surface area contributed by atoms with Gasteiger partial charge in [0.2, 0.25) is 5.79 Å². The summed E-state index contributed by atoms with van der Waals surface area (Å²) in [6.45, 7) is 4.90. The Kier molecular flexibility index (Phi) is 13.1. The first-order valence-corrected chi connectivity index (χ1v) is 20.6. The number of benzene rings is 4. The van der Waals surface area contributed by atoms with Crippen LogP contribution in [0.15, 0.2) is 125 Å². The van der Waals surface area contributed by atoms with Crippen LogP contribution in [0.5, 0.6) is 11.5 Å². The van der Waals surface area contributed by atoms with Crippen molar-refractivity contribution < 1.29 is 34.1 Å². The molecule has 0 saturated heterocycles. The Labute approximate surface area is 333 Å². The molecule has 294 valence electrons. The maximum atomic E-state index is 13.1. The van der Waals surface area contributed by atoms with Gasteiger partial charge in [0.15, 0.2) is 0 Å². The van der Waals surface area contributed by atoms with E-state index in [9.17, 15) is 15.0 Å². The zero-order valence-electron chi connectivity index (χ0n) is 32.0. The van der Waals surface area contributed by atoms with E-state index >= 15 is 0 Å². The number of thioether (sulfide) groups is 1. The van der Waals surface area contributed by atoms with Crippen molar-refractivity contribution in [2.45, 2.75) is 73.3 Å². The number of hydrogen-bond acceptors (Lipinski definition) is 9. The molecule has 0 aromatic heterocycles. The first-order valence-electron chi connectivity index (χ1n) is 19.7. The quantitative estimate of drug-likeness (QED) is 0.0552. The zero-order valence-corrected chi connectivity index (χ0v) is 32.8. The van der Waals surface area contributed by atoms with E-state index < -0.39 is 11.9 Å². The summed E-state index contributed by atoms with van der Waals surface area (Å²) in [4.78, 5) is 19.8. The molecule has 3 aliphatic rings. The number of hydrogen-bond donors (Lipinski definition) is 3. The lowest BCUT2D eigenvalue weighted by molar-refractivity contribution is -0.223. The normalized spacial score (nSPS) is 24.4. The highest BCUT2D eigenvalue weighted by molar-refractivity contribution is 8.00. The van der Waals surface area contributed by atoms with Gasteiger partial charge in [-0.2, -0.15) is 0 Å². The molecule has 1 heterocycles. The molecule has 9 nitrogen and oxygen atoms in total. The van der Waals surface area contributed by atoms with Gasteiger partial charge in [-0.15, -0.1) is 18.3 Å². The van der Waals surface area contributed by atoms with Crippen LogP contribution in [0.25, 0.3) is 10.8 Å². The molecule has 6 atom stereocenters. The number of carbonyl (C=O) groups is 1. The number of aliphatic hydroxyl groups is 2. The molecular weight excluding hydrogens is 725 g/mol. The van der Waals surface area contributed by atoms with Crippen LogP contribution in [-0.4, -0.2) is 60.0 Å². The summed E-state index contributed by atoms with van der Waals surface area (Å²) in [6, 6.07) is 30.2. The summed E-state index contributed by atoms with van der Waals surface area (Å²) in [7, 11) is 1.59. The molecule has 0 spiro atoms. The largest absolute Gasteiger partial charge is 0.460 e. The van der Waals surface area contributed by atoms with Crippen molar-refractivity contribution in [1.29, 1.82) is 0 Å². The third kappa shape index (κ3) is 8.54. The number of ether oxygens (including phenoxy) is 3. The lowest BCUT2D eigenvalue weighted by Crippen LogP contribution is -2.64. The van der Waals surface area contributed by atoms with E-state index in [-0.39, 0.29) is 48.7 Å². The lowest BCUT2D eigenvalue weighted by atomic mass is 9.56. The Balaban J connectivity index is 1.34. The second-order valence-electron chi connectivity index (χ2n) is 14.8. The van der Waals surface area contributed by atoms with Gasteiger partial charge < -0.3 is 34.6 Å². The average Bonchev–Trinajstić information content (AvgIpc) is 3.22. The van der Waals surface area contributed by atoms with E-state index in [0.29, 0.717) is 37.3 Å². The number of carbonyl (C=O) groups excluding carboxylic acids is 1. The fourth-order valence-electron chi connectivity index (χ4n) is 8.92. The molecule has 4 aromatic carbocycles. The summed E-state index contributed by atoms with van der Waals surface area (Å²) < 4.78 is 20.2. The Hall–Kier alpha value is -4.61. The summed E-state index contributed by atoms with van der Waals surface area (Å²) >= 11 is 1.73. The van der Waals surface area contributed by atoms with E-state index in [0.717, 1.165) is 58.4 Å². The number of allylic oxidation sites excluding steroid dienone is 1. The van der Waals surface area contributed by atoms with Crippen molar-refractivity contribution >= 4 is 34.3 Å². The van der Waals surface area contributed by atoms with Gasteiger partial charge in [-0.3, -0.25) is 0 Å². The second-order valence-corrected chi connectivity index (χ2v) is 16.1. The standard InChI is InChI=1S/C46H52N2O7S/c1-3-25-53-46-42(56-36-21-19-32-15-7-8-16-33(32)26-36)29-40(48-52-2)38-27-34(17-9-11-23-49)37(18-10-12-24-50)43(44(38)46)39-28-35(20-22-41(39)55-46)54-45(51)47-30-31-13-5-4-6-14-31/h3-8,13-16,19-22,26-28,34,37,42-44,49-50H,1,9-12,17-18,23-25,29-30H2,2H3,(H,47,51)/t34-,37+,42-,43+,44+,46+/m0/s1. The first kappa shape index (κ1) is 39.6. The maximum Gasteiger partial charge on any atom is 0.412 e. The Morgan fingerprint density at radius 2 is 1.73 bits per heavy atom. The molecule has 56 heavy (non-hydrogen) atoms. The maximum absolute atomic E-state index is 13.1. The summed E-state index contributed by atoms with van der Waals surface area (Å²) in [5, 5.41) is 29.3. The van der Waals surface area contributed by atoms with E-state index in [2.05, 4.69) is 54.4 Å². The fourth-order valence-corrected chi connectivity index (χ4v) is 10.3. The summed E-state index contributed by atoms with van der Waals surface area (Å²) in [5.41, 5.74) is 3.82. The number of nitrogens with one attached hydrogen (secondary N) is 1. The molecule has 0 bridgehead atoms. The lowest BCUT2D eigenvalue weighted by Gasteiger charge is -2.58. The van der Waals surface area contributed by atoms with Crippen LogP contribution in [0, 0.1) is 17.8 Å². The molecule has 1 aliphatic heterocycles. The Morgan fingerprint density at radius 1 is 0.964 bits per heavy atom. The Bertz CT molecular complexity index is 2040. The third-order valence-electron chi connectivity index (χ3n) is 11.3. The fraction of sp³-hybridized carbons (Fsp3) is 0.391. The van der Waals surface area contributed by atoms with E-state index in [1.807, 2.05) is 48.5 Å². The van der Waals surface area contributed by atoms with Crippen LogP contribution < -0.4 is 14.8 Å². The average molecular weight is 777 g/mol. The third-order valence-corrected chi connectivity index (χ3v) is 12.6. The van der Waals surface area contributed by atoms with Gasteiger partial charge in [0, 0.05) is 42.6 Å². The monoisotopic (exact) mass is 776 g/mol. The topological polar surface area (TPSA) is 119 Å². The van der Waals surface area contributed by atoms with E-state index in [4.69, 9.17) is 24.2 Å². The van der Waals surface area contributed by atoms with Crippen molar-refractivity contribution in [3.63, 3.8) is 0 Å². The van der Waals surface area contributed by atoms with Gasteiger partial charge in [-0.05, 0) is 89.8 Å². The Morgan fingerprint density at radius 3 is 2.50 bits per heavy atom. The molecule has 7 rings (SSSR count). The highest BCUT2D eigenvalue weighted by Crippen LogP contribution is 2.63. The van der Waals surface area contributed by atoms with Gasteiger partial charge in [0.05, 0.1) is 23.5 Å². The number of rotatable bonds is 17. The van der Waals surface area contributed by atoms with Crippen molar-refractivity contribution in [1.82, 2.24) is 5.32 Å². The SMILES string of the molecule is C=CCO[C@@]12Oc3ccc(OC(=O)NCc4ccccc4)cc3[C@H]3[C@H](CCCCO)[C@@H](CCCCO)C=C(C(=NOC)C[C@@H]1Sc1ccc4ccccc4c1)[C@H]32. The number of aliphatic hydroxyl groups excluding tert-OH is 2. The number of amides is 1. The predicted octanol–water partition coefficient (Wildman–Crippen LogP) is 9.18. The summed E-state index contributed by atoms with van der Waals surface area (Å²) in [6.07, 6.45) is 8.97. The number of oxime groups is 1. The van der Waals surface area contributed by atoms with Gasteiger partial charge >= 0.3 is 6.09 Å². The molecule has 1 amide bonds. The highest BCUT2D eigenvalue weighted by atomic mass is 32.2. The minimum atomic E-state index is -1.12. The number of fused-ring (bicyclic) bond motifs is 3. The molecule has 3 N–H and O–H groups in total. The van der Waals surface area contributed by atoms with Gasteiger partial charge in [-0.25, -0.2) is 4.79 Å². The minimum absolute atomic E-state index is 0.119. The van der Waals surface area contributed by atoms with Crippen LogP contribution >= 0.6 is 11.8 Å². The van der Waals surface area contributed by atoms with E-state index in [1.54, 1.807) is 31.0 Å². The molecule has 2 aliphatic carbocycles. The first-order chi connectivity index (χ1) is 27.5. The van der Waals surface area contributed by atoms with Crippen molar-refractivity contribution in [3.8, 4) is 11.5 Å². The minimum Gasteiger partial charge on any atom is -0.460 e. The predicted molar refractivity (Wildman–Crippen MR) is 221 cm³/mol. The molecule has 10 heteroatoms. The van der Waals surface area contributed by atoms with Crippen LogP contribution in [0.4, 0.5) is 4.79 Å². The second kappa shape index (κ2) is 18.6. The van der Waals surface area contributed by atoms with E-state index in [1.165, 1.54) is 5.39 Å². The smallest absolute Gasteiger partial charge is 0.412 e. The molecule has 0 unspecified atom stereocenters. The number of unbranched alkanes of at least 4 members (excludes halogenated alkanes) is 2. The van der Waals surface area contributed by atoms with Crippen LogP contribution in [0.2, 0.25) is 0 Å². The van der Waals surface area contributed by atoms with Gasteiger partial charge in [0.25, 0.3) is 0 Å². The van der Waals surface area contributed by atoms with Gasteiger partial charge in [-0.1, -0.05) is 90.8 Å². The van der Waals surface area contributed by atoms with Gasteiger partial charge in [0.1, 0.15) is 18.6 Å². The van der Waals surface area contributed by atoms with Crippen molar-refractivity contribution in [2.24, 2.45) is 22.9 Å².